The van der Waals surface area contributed by atoms with E-state index in [0.717, 1.165) is 6.42 Å². The maximum Gasteiger partial charge on any atom is 0.338 e. The van der Waals surface area contributed by atoms with Gasteiger partial charge in [0.05, 0.1) is 36.1 Å². The highest BCUT2D eigenvalue weighted by Gasteiger charge is 2.39. The summed E-state index contributed by atoms with van der Waals surface area (Å²) in [5.74, 6) is -0.323. The molecule has 0 amide bonds. The van der Waals surface area contributed by atoms with E-state index in [2.05, 4.69) is 22.2 Å². The van der Waals surface area contributed by atoms with E-state index >= 15 is 0 Å². The van der Waals surface area contributed by atoms with Crippen LogP contribution in [-0.2, 0) is 14.3 Å². The Morgan fingerprint density at radius 3 is 2.93 bits per heavy atom. The summed E-state index contributed by atoms with van der Waals surface area (Å²) in [5, 5.41) is 5.63. The molecule has 2 aromatic rings. The summed E-state index contributed by atoms with van der Waals surface area (Å²) in [6.45, 7) is 2.66. The van der Waals surface area contributed by atoms with E-state index in [-0.39, 0.29) is 16.7 Å². The van der Waals surface area contributed by atoms with E-state index in [1.54, 1.807) is 18.3 Å². The summed E-state index contributed by atoms with van der Waals surface area (Å²) < 4.78 is 25.2. The van der Waals surface area contributed by atoms with Crippen LogP contribution in [0.3, 0.4) is 0 Å². The van der Waals surface area contributed by atoms with Gasteiger partial charge in [-0.3, -0.25) is 4.99 Å². The number of thiazole rings is 1. The van der Waals surface area contributed by atoms with Crippen molar-refractivity contribution in [2.24, 2.45) is 10.9 Å². The fourth-order valence-electron chi connectivity index (χ4n) is 3.54. The molecule has 3 heterocycles. The number of amidine groups is 1. The molecule has 6 nitrogen and oxygen atoms in total. The third-order valence-electron chi connectivity index (χ3n) is 4.91. The molecule has 1 saturated heterocycles. The number of aromatic nitrogens is 1. The third-order valence-corrected chi connectivity index (χ3v) is 6.09. The van der Waals surface area contributed by atoms with E-state index in [0.29, 0.717) is 34.6 Å². The van der Waals surface area contributed by atoms with Crippen LogP contribution in [0.1, 0.15) is 30.0 Å². The Morgan fingerprint density at radius 1 is 1.45 bits per heavy atom. The molecule has 1 fully saturated rings. The van der Waals surface area contributed by atoms with Crippen molar-refractivity contribution >= 4 is 34.7 Å². The highest BCUT2D eigenvalue weighted by Crippen LogP contribution is 2.39. The van der Waals surface area contributed by atoms with Crippen molar-refractivity contribution < 1.29 is 18.7 Å². The molecule has 1 unspecified atom stereocenters. The van der Waals surface area contributed by atoms with Crippen molar-refractivity contribution in [1.82, 2.24) is 10.3 Å². The van der Waals surface area contributed by atoms with Crippen LogP contribution in [0.2, 0.25) is 5.02 Å². The second-order valence-electron chi connectivity index (χ2n) is 6.97. The van der Waals surface area contributed by atoms with Crippen LogP contribution >= 0.6 is 22.9 Å². The maximum absolute atomic E-state index is 14.2. The molecule has 0 bridgehead atoms. The van der Waals surface area contributed by atoms with Gasteiger partial charge in [-0.1, -0.05) is 30.7 Å². The molecule has 1 aromatic carbocycles. The lowest BCUT2D eigenvalue weighted by Crippen LogP contribution is -2.38. The lowest BCUT2D eigenvalue weighted by atomic mass is 9.92. The predicted molar refractivity (Wildman–Crippen MR) is 109 cm³/mol. The minimum atomic E-state index is -0.847. The highest BCUT2D eigenvalue weighted by molar-refractivity contribution is 7.11. The van der Waals surface area contributed by atoms with E-state index in [4.69, 9.17) is 21.1 Å². The molecule has 1 N–H and O–H groups in total. The van der Waals surface area contributed by atoms with Crippen LogP contribution in [0.15, 0.2) is 46.0 Å². The van der Waals surface area contributed by atoms with Crippen molar-refractivity contribution in [2.45, 2.75) is 25.5 Å². The summed E-state index contributed by atoms with van der Waals surface area (Å²) in [6.07, 6.45) is 2.07. The van der Waals surface area contributed by atoms with Gasteiger partial charge in [0.1, 0.15) is 11.9 Å². The smallest absolute Gasteiger partial charge is 0.338 e. The minimum absolute atomic E-state index is 0.0805. The van der Waals surface area contributed by atoms with Crippen LogP contribution in [-0.4, -0.2) is 36.6 Å². The number of carbonyl (C=O) groups is 1. The number of ether oxygens (including phenoxy) is 2. The molecular weight excluding hydrogens is 417 g/mol. The molecule has 9 heteroatoms. The molecule has 3 atom stereocenters. The van der Waals surface area contributed by atoms with Crippen LogP contribution in [0.4, 0.5) is 4.39 Å². The summed E-state index contributed by atoms with van der Waals surface area (Å²) in [7, 11) is 1.30. The normalized spacial score (nSPS) is 24.3. The molecule has 0 radical (unpaired) electrons. The fourth-order valence-corrected chi connectivity index (χ4v) is 4.36. The van der Waals surface area contributed by atoms with Crippen molar-refractivity contribution in [2.75, 3.05) is 13.7 Å². The number of esters is 1. The average molecular weight is 436 g/mol. The van der Waals surface area contributed by atoms with Gasteiger partial charge in [0.15, 0.2) is 10.8 Å². The number of rotatable bonds is 4. The van der Waals surface area contributed by atoms with E-state index in [1.807, 2.05) is 5.38 Å². The van der Waals surface area contributed by atoms with Gasteiger partial charge >= 0.3 is 5.97 Å². The van der Waals surface area contributed by atoms with Crippen LogP contribution in [0.5, 0.6) is 0 Å². The lowest BCUT2D eigenvalue weighted by Gasteiger charge is -2.29. The first-order valence-corrected chi connectivity index (χ1v) is 10.4. The SMILES string of the molecule is COC(=O)C1=C([C@H]2C[C@@H](C)CO2)NC(c2nccs2)=NC1c1cccc(F)c1Cl. The summed E-state index contributed by atoms with van der Waals surface area (Å²) in [6, 6.07) is 3.62. The highest BCUT2D eigenvalue weighted by atomic mass is 35.5. The number of benzene rings is 1. The first-order chi connectivity index (χ1) is 14.0. The van der Waals surface area contributed by atoms with Crippen LogP contribution in [0.25, 0.3) is 0 Å². The Hall–Kier alpha value is -2.29. The van der Waals surface area contributed by atoms with Crippen molar-refractivity contribution in [3.05, 3.63) is 62.5 Å². The first-order valence-electron chi connectivity index (χ1n) is 9.12. The molecule has 1 aromatic heterocycles. The molecular formula is C20H19ClFN3O3S. The second-order valence-corrected chi connectivity index (χ2v) is 8.24. The molecule has 29 heavy (non-hydrogen) atoms. The van der Waals surface area contributed by atoms with Gasteiger partial charge in [-0.05, 0) is 18.4 Å². The maximum atomic E-state index is 14.2. The Morgan fingerprint density at radius 2 is 2.28 bits per heavy atom. The first kappa shape index (κ1) is 20.0. The van der Waals surface area contributed by atoms with Gasteiger partial charge in [0, 0.05) is 17.1 Å². The molecule has 4 rings (SSSR count). The monoisotopic (exact) mass is 435 g/mol. The number of halogens is 2. The number of nitrogens with zero attached hydrogens (tertiary/aromatic N) is 2. The molecule has 0 aliphatic carbocycles. The zero-order valence-corrected chi connectivity index (χ0v) is 17.4. The zero-order chi connectivity index (χ0) is 20.5. The fraction of sp³-hybridized carbons (Fsp3) is 0.350. The second kappa shape index (κ2) is 8.22. The quantitative estimate of drug-likeness (QED) is 0.738. The van der Waals surface area contributed by atoms with Gasteiger partial charge in [-0.15, -0.1) is 11.3 Å². The van der Waals surface area contributed by atoms with Gasteiger partial charge in [-0.2, -0.15) is 0 Å². The zero-order valence-electron chi connectivity index (χ0n) is 15.8. The number of methoxy groups -OCH3 is 1. The summed E-state index contributed by atoms with van der Waals surface area (Å²) in [4.78, 5) is 21.8. The lowest BCUT2D eigenvalue weighted by molar-refractivity contribution is -0.136. The summed E-state index contributed by atoms with van der Waals surface area (Å²) in [5.41, 5.74) is 1.21. The van der Waals surface area contributed by atoms with Crippen LogP contribution in [0, 0.1) is 11.7 Å². The molecule has 2 aliphatic heterocycles. The van der Waals surface area contributed by atoms with Crippen molar-refractivity contribution in [3.63, 3.8) is 0 Å². The Labute approximate surface area is 176 Å². The largest absolute Gasteiger partial charge is 0.466 e. The van der Waals surface area contributed by atoms with E-state index < -0.39 is 17.8 Å². The Balaban J connectivity index is 1.90. The number of hydrogen-bond donors (Lipinski definition) is 1. The topological polar surface area (TPSA) is 72.8 Å². The molecule has 0 spiro atoms. The van der Waals surface area contributed by atoms with Gasteiger partial charge < -0.3 is 14.8 Å². The predicted octanol–water partition coefficient (Wildman–Crippen LogP) is 3.88. The van der Waals surface area contributed by atoms with E-state index in [9.17, 15) is 9.18 Å². The standard InChI is InChI=1S/C20H19ClFN3O3S/c1-10-8-13(28-9-10)17-14(20(26)27-2)16(11-4-3-5-12(22)15(11)21)24-18(25-17)19-23-6-7-29-19/h3-7,10,13,16H,8-9H2,1-2H3,(H,24,25)/t10-,13-,16?/m1/s1. The Bertz CT molecular complexity index is 993. The molecule has 0 saturated carbocycles. The molecule has 2 aliphatic rings. The van der Waals surface area contributed by atoms with Crippen molar-refractivity contribution in [3.8, 4) is 0 Å². The van der Waals surface area contributed by atoms with E-state index in [1.165, 1.54) is 24.5 Å². The number of aliphatic imine (C=N–C) groups is 1. The third kappa shape index (κ3) is 3.80. The minimum Gasteiger partial charge on any atom is -0.466 e. The molecule has 152 valence electrons. The summed E-state index contributed by atoms with van der Waals surface area (Å²) >= 11 is 7.66. The van der Waals surface area contributed by atoms with Gasteiger partial charge in [-0.25, -0.2) is 14.2 Å². The van der Waals surface area contributed by atoms with Crippen molar-refractivity contribution in [1.29, 1.82) is 0 Å². The number of hydrogen-bond acceptors (Lipinski definition) is 7. The number of nitrogens with one attached hydrogen (secondary N) is 1. The van der Waals surface area contributed by atoms with Gasteiger partial charge in [0.25, 0.3) is 0 Å². The van der Waals surface area contributed by atoms with Crippen LogP contribution < -0.4 is 5.32 Å². The van der Waals surface area contributed by atoms with Gasteiger partial charge in [0.2, 0.25) is 0 Å². The average Bonchev–Trinajstić information content (AvgIpc) is 3.40. The Kier molecular flexibility index (Phi) is 5.67. The number of carbonyl (C=O) groups excluding carboxylic acids is 1.